The van der Waals surface area contributed by atoms with Crippen molar-refractivity contribution in [1.29, 1.82) is 0 Å². The van der Waals surface area contributed by atoms with Gasteiger partial charge in [0.1, 0.15) is 0 Å². The van der Waals surface area contributed by atoms with E-state index in [1.165, 1.54) is 11.3 Å². The van der Waals surface area contributed by atoms with Crippen molar-refractivity contribution in [3.63, 3.8) is 0 Å². The molecule has 7 heteroatoms. The number of fused-ring (bicyclic) bond motifs is 2. The zero-order valence-corrected chi connectivity index (χ0v) is 17.4. The van der Waals surface area contributed by atoms with E-state index in [9.17, 15) is 9.59 Å². The Morgan fingerprint density at radius 3 is 2.45 bits per heavy atom. The average Bonchev–Trinajstić information content (AvgIpc) is 3.43. The molecule has 0 saturated carbocycles. The van der Waals surface area contributed by atoms with E-state index in [1.807, 2.05) is 72.8 Å². The van der Waals surface area contributed by atoms with Crippen LogP contribution in [0.1, 0.15) is 20.2 Å². The first-order chi connectivity index (χ1) is 15.1. The number of hydrogen-bond acceptors (Lipinski definition) is 4. The van der Waals surface area contributed by atoms with Gasteiger partial charge in [0.15, 0.2) is 5.69 Å². The summed E-state index contributed by atoms with van der Waals surface area (Å²) in [6.07, 6.45) is 0. The minimum Gasteiger partial charge on any atom is -0.354 e. The van der Waals surface area contributed by atoms with Crippen LogP contribution in [-0.2, 0) is 0 Å². The van der Waals surface area contributed by atoms with Gasteiger partial charge in [-0.1, -0.05) is 36.4 Å². The van der Waals surface area contributed by atoms with E-state index in [1.54, 1.807) is 7.05 Å². The molecule has 2 aromatic heterocycles. The van der Waals surface area contributed by atoms with Crippen LogP contribution in [-0.4, -0.2) is 29.1 Å². The van der Waals surface area contributed by atoms with E-state index in [0.29, 0.717) is 10.6 Å². The Morgan fingerprint density at radius 2 is 1.68 bits per heavy atom. The number of nitrogens with one attached hydrogen (secondary N) is 3. The number of aromatic nitrogens is 2. The molecule has 2 heterocycles. The maximum Gasteiger partial charge on any atom is 0.272 e. The van der Waals surface area contributed by atoms with Gasteiger partial charge in [0, 0.05) is 22.8 Å². The summed E-state index contributed by atoms with van der Waals surface area (Å²) in [6, 6.07) is 23.3. The van der Waals surface area contributed by atoms with Gasteiger partial charge in [0.25, 0.3) is 11.8 Å². The Bertz CT molecular complexity index is 1400. The highest BCUT2D eigenvalue weighted by molar-refractivity contribution is 7.20. The molecule has 6 nitrogen and oxygen atoms in total. The van der Waals surface area contributed by atoms with Crippen molar-refractivity contribution in [3.8, 4) is 11.1 Å². The van der Waals surface area contributed by atoms with Crippen LogP contribution in [0.4, 0.5) is 5.69 Å². The highest BCUT2D eigenvalue weighted by Gasteiger charge is 2.14. The van der Waals surface area contributed by atoms with E-state index in [2.05, 4.69) is 20.8 Å². The van der Waals surface area contributed by atoms with E-state index in [4.69, 9.17) is 0 Å². The van der Waals surface area contributed by atoms with Crippen LogP contribution >= 0.6 is 11.3 Å². The van der Waals surface area contributed by atoms with Crippen LogP contribution in [0, 0.1) is 0 Å². The molecular formula is C24H18N4O2S. The maximum absolute atomic E-state index is 12.6. The number of carbonyl (C=O) groups excluding carboxylic acids is 2. The summed E-state index contributed by atoms with van der Waals surface area (Å²) in [4.78, 5) is 25.2. The normalized spacial score (nSPS) is 11.0. The zero-order valence-electron chi connectivity index (χ0n) is 16.6. The lowest BCUT2D eigenvalue weighted by Gasteiger charge is -2.06. The largest absolute Gasteiger partial charge is 0.354 e. The Labute approximate surface area is 181 Å². The molecule has 31 heavy (non-hydrogen) atoms. The molecule has 0 unspecified atom stereocenters. The van der Waals surface area contributed by atoms with Crippen molar-refractivity contribution in [3.05, 3.63) is 83.4 Å². The second kappa shape index (κ2) is 7.70. The first-order valence-electron chi connectivity index (χ1n) is 9.73. The van der Waals surface area contributed by atoms with E-state index < -0.39 is 0 Å². The predicted octanol–water partition coefficient (Wildman–Crippen LogP) is 5.06. The Kier molecular flexibility index (Phi) is 4.72. The summed E-state index contributed by atoms with van der Waals surface area (Å²) in [7, 11) is 1.58. The number of rotatable bonds is 4. The molecule has 2 amide bonds. The maximum atomic E-state index is 12.6. The summed E-state index contributed by atoms with van der Waals surface area (Å²) < 4.78 is 1.09. The lowest BCUT2D eigenvalue weighted by Crippen LogP contribution is -2.18. The number of carbonyl (C=O) groups is 2. The molecule has 3 N–H and O–H groups in total. The molecule has 0 aliphatic rings. The monoisotopic (exact) mass is 426 g/mol. The molecule has 5 aromatic rings. The molecule has 0 aliphatic carbocycles. The number of thiophene rings is 1. The highest BCUT2D eigenvalue weighted by atomic mass is 32.1. The molecular weight excluding hydrogens is 408 g/mol. The van der Waals surface area contributed by atoms with Gasteiger partial charge in [-0.15, -0.1) is 11.3 Å². The van der Waals surface area contributed by atoms with E-state index in [0.717, 1.165) is 37.8 Å². The predicted molar refractivity (Wildman–Crippen MR) is 125 cm³/mol. The van der Waals surface area contributed by atoms with Crippen LogP contribution in [0.5, 0.6) is 0 Å². The van der Waals surface area contributed by atoms with Crippen molar-refractivity contribution < 1.29 is 9.59 Å². The summed E-state index contributed by atoms with van der Waals surface area (Å²) in [5.41, 5.74) is 3.89. The quantitative estimate of drug-likeness (QED) is 0.376. The van der Waals surface area contributed by atoms with Gasteiger partial charge in [0.05, 0.1) is 10.4 Å². The van der Waals surface area contributed by atoms with Crippen LogP contribution in [0.15, 0.2) is 72.8 Å². The molecule has 0 saturated heterocycles. The van der Waals surface area contributed by atoms with Crippen molar-refractivity contribution in [1.82, 2.24) is 15.5 Å². The summed E-state index contributed by atoms with van der Waals surface area (Å²) >= 11 is 1.48. The Morgan fingerprint density at radius 1 is 0.903 bits per heavy atom. The first-order valence-corrected chi connectivity index (χ1v) is 10.5. The number of H-pyrrole nitrogens is 1. The van der Waals surface area contributed by atoms with Gasteiger partial charge in [-0.05, 0) is 52.9 Å². The van der Waals surface area contributed by atoms with Gasteiger partial charge in [-0.25, -0.2) is 0 Å². The fourth-order valence-electron chi connectivity index (χ4n) is 3.52. The molecule has 0 fully saturated rings. The third kappa shape index (κ3) is 3.55. The van der Waals surface area contributed by atoms with Crippen molar-refractivity contribution in [2.24, 2.45) is 0 Å². The second-order valence-electron chi connectivity index (χ2n) is 7.09. The smallest absolute Gasteiger partial charge is 0.272 e. The third-order valence-corrected chi connectivity index (χ3v) is 6.25. The average molecular weight is 427 g/mol. The molecule has 0 bridgehead atoms. The standard InChI is InChI=1S/C24H18N4O2S/c1-25-24(30)22-18-11-8-15(12-19(18)27-28-22)14-6-9-17(10-7-14)26-23(29)21-13-16-4-2-3-5-20(16)31-21/h2-13H,1H3,(H,25,30)(H,26,29)(H,27,28). The summed E-state index contributed by atoms with van der Waals surface area (Å²) in [5.74, 6) is -0.340. The number of nitrogens with zero attached hydrogens (tertiary/aromatic N) is 1. The van der Waals surface area contributed by atoms with Gasteiger partial charge in [-0.3, -0.25) is 14.7 Å². The number of hydrogen-bond donors (Lipinski definition) is 3. The minimum atomic E-state index is -0.224. The summed E-state index contributed by atoms with van der Waals surface area (Å²) in [6.45, 7) is 0. The van der Waals surface area contributed by atoms with Gasteiger partial charge >= 0.3 is 0 Å². The topological polar surface area (TPSA) is 86.9 Å². The van der Waals surface area contributed by atoms with Gasteiger partial charge in [-0.2, -0.15) is 5.10 Å². The number of amides is 2. The highest BCUT2D eigenvalue weighted by Crippen LogP contribution is 2.28. The fourth-order valence-corrected chi connectivity index (χ4v) is 4.48. The summed E-state index contributed by atoms with van der Waals surface area (Å²) in [5, 5.41) is 14.4. The van der Waals surface area contributed by atoms with Crippen LogP contribution in [0.3, 0.4) is 0 Å². The molecule has 0 radical (unpaired) electrons. The first kappa shape index (κ1) is 19.0. The van der Waals surface area contributed by atoms with E-state index >= 15 is 0 Å². The van der Waals surface area contributed by atoms with Crippen LogP contribution in [0.25, 0.3) is 32.1 Å². The zero-order chi connectivity index (χ0) is 21.4. The fraction of sp³-hybridized carbons (Fsp3) is 0.0417. The third-order valence-electron chi connectivity index (χ3n) is 5.13. The van der Waals surface area contributed by atoms with Gasteiger partial charge < -0.3 is 10.6 Å². The molecule has 3 aromatic carbocycles. The van der Waals surface area contributed by atoms with Crippen molar-refractivity contribution >= 4 is 49.8 Å². The van der Waals surface area contributed by atoms with Crippen LogP contribution < -0.4 is 10.6 Å². The lowest BCUT2D eigenvalue weighted by molar-refractivity contribution is 0.0958. The molecule has 152 valence electrons. The Hall–Kier alpha value is -3.97. The van der Waals surface area contributed by atoms with E-state index in [-0.39, 0.29) is 11.8 Å². The molecule has 5 rings (SSSR count). The Balaban J connectivity index is 1.36. The van der Waals surface area contributed by atoms with Crippen molar-refractivity contribution in [2.75, 3.05) is 12.4 Å². The van der Waals surface area contributed by atoms with Crippen LogP contribution in [0.2, 0.25) is 0 Å². The number of anilines is 1. The molecule has 0 atom stereocenters. The molecule has 0 aliphatic heterocycles. The lowest BCUT2D eigenvalue weighted by atomic mass is 10.0. The minimum absolute atomic E-state index is 0.116. The SMILES string of the molecule is CNC(=O)c1n[nH]c2cc(-c3ccc(NC(=O)c4cc5ccccc5s4)cc3)ccc12. The number of benzene rings is 3. The van der Waals surface area contributed by atoms with Crippen molar-refractivity contribution in [2.45, 2.75) is 0 Å². The second-order valence-corrected chi connectivity index (χ2v) is 8.18. The number of aromatic amines is 1. The van der Waals surface area contributed by atoms with Gasteiger partial charge in [0.2, 0.25) is 0 Å². The molecule has 0 spiro atoms.